The molecule has 0 aliphatic carbocycles. The second kappa shape index (κ2) is 8.61. The average molecular weight is 457 g/mol. The van der Waals surface area contributed by atoms with Crippen LogP contribution >= 0.6 is 11.6 Å². The first-order chi connectivity index (χ1) is 14.9. The molecule has 0 fully saturated rings. The predicted molar refractivity (Wildman–Crippen MR) is 120 cm³/mol. The van der Waals surface area contributed by atoms with E-state index in [0.29, 0.717) is 25.2 Å². The summed E-state index contributed by atoms with van der Waals surface area (Å²) in [5, 5.41) is 2.88. The SMILES string of the molecule is COc1ccc(CNC(=O)c2ccc(Cl)c(S(=O)(=O)N3CCc4ccccc43)c2)cc1. The lowest BCUT2D eigenvalue weighted by Gasteiger charge is -2.20. The minimum absolute atomic E-state index is 0.0797. The first-order valence-electron chi connectivity index (χ1n) is 9.71. The Hall–Kier alpha value is -3.03. The van der Waals surface area contributed by atoms with Crippen molar-refractivity contribution in [2.24, 2.45) is 0 Å². The van der Waals surface area contributed by atoms with Crippen LogP contribution in [0.2, 0.25) is 5.02 Å². The van der Waals surface area contributed by atoms with Crippen LogP contribution in [0.15, 0.2) is 71.6 Å². The Balaban J connectivity index is 1.56. The van der Waals surface area contributed by atoms with Gasteiger partial charge in [-0.3, -0.25) is 9.10 Å². The standard InChI is InChI=1S/C23H21ClN2O4S/c1-30-19-9-6-16(7-10-19)15-25-23(27)18-8-11-20(24)22(14-18)31(28,29)26-13-12-17-4-2-3-5-21(17)26/h2-11,14H,12-13,15H2,1H3,(H,25,27). The summed E-state index contributed by atoms with van der Waals surface area (Å²) in [5.74, 6) is 0.344. The van der Waals surface area contributed by atoms with Crippen molar-refractivity contribution < 1.29 is 17.9 Å². The number of ether oxygens (including phenoxy) is 1. The van der Waals surface area contributed by atoms with Crippen molar-refractivity contribution in [2.45, 2.75) is 17.9 Å². The number of nitrogens with one attached hydrogen (secondary N) is 1. The molecule has 0 bridgehead atoms. The van der Waals surface area contributed by atoms with Gasteiger partial charge in [0, 0.05) is 18.7 Å². The highest BCUT2D eigenvalue weighted by Gasteiger charge is 2.32. The molecule has 0 saturated heterocycles. The summed E-state index contributed by atoms with van der Waals surface area (Å²) in [6, 6.07) is 19.0. The minimum atomic E-state index is -3.91. The number of carbonyl (C=O) groups is 1. The summed E-state index contributed by atoms with van der Waals surface area (Å²) in [6.07, 6.45) is 0.634. The van der Waals surface area contributed by atoms with Gasteiger partial charge in [-0.1, -0.05) is 41.9 Å². The highest BCUT2D eigenvalue weighted by molar-refractivity contribution is 7.93. The summed E-state index contributed by atoms with van der Waals surface area (Å²) in [5.41, 5.74) is 2.73. The van der Waals surface area contributed by atoms with E-state index < -0.39 is 10.0 Å². The highest BCUT2D eigenvalue weighted by atomic mass is 35.5. The zero-order chi connectivity index (χ0) is 22.0. The van der Waals surface area contributed by atoms with E-state index in [2.05, 4.69) is 5.32 Å². The number of halogens is 1. The van der Waals surface area contributed by atoms with Crippen molar-refractivity contribution in [3.8, 4) is 5.75 Å². The maximum absolute atomic E-state index is 13.3. The molecule has 0 atom stereocenters. The van der Waals surface area contributed by atoms with Crippen LogP contribution in [-0.4, -0.2) is 28.0 Å². The number of benzene rings is 3. The third kappa shape index (κ3) is 4.24. The molecular formula is C23H21ClN2O4S. The van der Waals surface area contributed by atoms with Crippen molar-refractivity contribution in [3.05, 3.63) is 88.4 Å². The van der Waals surface area contributed by atoms with Gasteiger partial charge in [0.05, 0.1) is 17.8 Å². The third-order valence-corrected chi connectivity index (χ3v) is 7.51. The quantitative estimate of drug-likeness (QED) is 0.607. The highest BCUT2D eigenvalue weighted by Crippen LogP contribution is 2.35. The molecule has 3 aromatic carbocycles. The minimum Gasteiger partial charge on any atom is -0.497 e. The molecular weight excluding hydrogens is 436 g/mol. The van der Waals surface area contributed by atoms with Gasteiger partial charge >= 0.3 is 0 Å². The van der Waals surface area contributed by atoms with E-state index in [1.54, 1.807) is 19.2 Å². The largest absolute Gasteiger partial charge is 0.497 e. The fourth-order valence-corrected chi connectivity index (χ4v) is 5.55. The second-order valence-corrected chi connectivity index (χ2v) is 9.37. The van der Waals surface area contributed by atoms with Gasteiger partial charge in [-0.2, -0.15) is 0 Å². The van der Waals surface area contributed by atoms with E-state index in [-0.39, 0.29) is 21.4 Å². The molecule has 1 aliphatic rings. The molecule has 0 saturated carbocycles. The second-order valence-electron chi connectivity index (χ2n) is 7.13. The fraction of sp³-hybridized carbons (Fsp3) is 0.174. The summed E-state index contributed by atoms with van der Waals surface area (Å²) in [4.78, 5) is 12.6. The van der Waals surface area contributed by atoms with Crippen molar-refractivity contribution >= 4 is 33.2 Å². The molecule has 1 amide bonds. The molecule has 8 heteroatoms. The number of sulfonamides is 1. The number of methoxy groups -OCH3 is 1. The van der Waals surface area contributed by atoms with E-state index >= 15 is 0 Å². The number of para-hydroxylation sites is 1. The van der Waals surface area contributed by atoms with Gasteiger partial charge in [-0.25, -0.2) is 8.42 Å². The Morgan fingerprint density at radius 2 is 1.84 bits per heavy atom. The van der Waals surface area contributed by atoms with Gasteiger partial charge < -0.3 is 10.1 Å². The molecule has 0 radical (unpaired) electrons. The Bertz CT molecular complexity index is 1230. The van der Waals surface area contributed by atoms with Gasteiger partial charge in [0.15, 0.2) is 0 Å². The number of nitrogens with zero attached hydrogens (tertiary/aromatic N) is 1. The molecule has 0 unspecified atom stereocenters. The summed E-state index contributed by atoms with van der Waals surface area (Å²) in [6.45, 7) is 0.638. The first kappa shape index (κ1) is 21.2. The molecule has 6 nitrogen and oxygen atoms in total. The number of anilines is 1. The van der Waals surface area contributed by atoms with Gasteiger partial charge in [-0.15, -0.1) is 0 Å². The van der Waals surface area contributed by atoms with Crippen LogP contribution in [0.3, 0.4) is 0 Å². The molecule has 160 valence electrons. The van der Waals surface area contributed by atoms with Crippen molar-refractivity contribution in [1.82, 2.24) is 5.32 Å². The molecule has 31 heavy (non-hydrogen) atoms. The van der Waals surface area contributed by atoms with Crippen LogP contribution in [0.4, 0.5) is 5.69 Å². The van der Waals surface area contributed by atoms with Gasteiger partial charge in [0.1, 0.15) is 10.6 Å². The molecule has 0 spiro atoms. The van der Waals surface area contributed by atoms with Crippen LogP contribution in [0.5, 0.6) is 5.75 Å². The van der Waals surface area contributed by atoms with Crippen LogP contribution < -0.4 is 14.4 Å². The van der Waals surface area contributed by atoms with Gasteiger partial charge in [0.25, 0.3) is 15.9 Å². The number of hydrogen-bond acceptors (Lipinski definition) is 4. The van der Waals surface area contributed by atoms with E-state index in [4.69, 9.17) is 16.3 Å². The first-order valence-corrected chi connectivity index (χ1v) is 11.5. The predicted octanol–water partition coefficient (Wildman–Crippen LogP) is 4.03. The van der Waals surface area contributed by atoms with Crippen LogP contribution in [0.25, 0.3) is 0 Å². The van der Waals surface area contributed by atoms with Gasteiger partial charge in [0.2, 0.25) is 0 Å². The number of rotatable bonds is 6. The van der Waals surface area contributed by atoms with Crippen LogP contribution in [0, 0.1) is 0 Å². The Morgan fingerprint density at radius 1 is 1.10 bits per heavy atom. The maximum Gasteiger partial charge on any atom is 0.265 e. The number of carbonyl (C=O) groups excluding carboxylic acids is 1. The van der Waals surface area contributed by atoms with Crippen LogP contribution in [0.1, 0.15) is 21.5 Å². The number of hydrogen-bond donors (Lipinski definition) is 1. The zero-order valence-electron chi connectivity index (χ0n) is 16.8. The maximum atomic E-state index is 13.3. The Morgan fingerprint density at radius 3 is 2.58 bits per heavy atom. The Kier molecular flexibility index (Phi) is 5.89. The molecule has 0 aromatic heterocycles. The van der Waals surface area contributed by atoms with E-state index in [9.17, 15) is 13.2 Å². The molecule has 4 rings (SSSR count). The van der Waals surface area contributed by atoms with E-state index in [1.165, 1.54) is 22.5 Å². The lowest BCUT2D eigenvalue weighted by Crippen LogP contribution is -2.30. The molecule has 1 heterocycles. The van der Waals surface area contributed by atoms with E-state index in [0.717, 1.165) is 16.9 Å². The smallest absolute Gasteiger partial charge is 0.265 e. The average Bonchev–Trinajstić information content (AvgIpc) is 3.23. The summed E-state index contributed by atoms with van der Waals surface area (Å²) in [7, 11) is -2.32. The Labute approximate surface area is 186 Å². The monoisotopic (exact) mass is 456 g/mol. The third-order valence-electron chi connectivity index (χ3n) is 5.22. The summed E-state index contributed by atoms with van der Waals surface area (Å²) >= 11 is 6.24. The van der Waals surface area contributed by atoms with E-state index in [1.807, 2.05) is 36.4 Å². The lowest BCUT2D eigenvalue weighted by atomic mass is 10.2. The van der Waals surface area contributed by atoms with Crippen LogP contribution in [-0.2, 0) is 23.0 Å². The van der Waals surface area contributed by atoms with Gasteiger partial charge in [-0.05, 0) is 53.9 Å². The number of fused-ring (bicyclic) bond motifs is 1. The van der Waals surface area contributed by atoms with Crippen molar-refractivity contribution in [3.63, 3.8) is 0 Å². The lowest BCUT2D eigenvalue weighted by molar-refractivity contribution is 0.0950. The normalized spacial score (nSPS) is 13.0. The summed E-state index contributed by atoms with van der Waals surface area (Å²) < 4.78 is 33.1. The molecule has 1 N–H and O–H groups in total. The fourth-order valence-electron chi connectivity index (χ4n) is 3.55. The van der Waals surface area contributed by atoms with Crippen molar-refractivity contribution in [2.75, 3.05) is 18.0 Å². The molecule has 1 aliphatic heterocycles. The van der Waals surface area contributed by atoms with Crippen molar-refractivity contribution in [1.29, 1.82) is 0 Å². The topological polar surface area (TPSA) is 75.7 Å². The molecule has 3 aromatic rings. The zero-order valence-corrected chi connectivity index (χ0v) is 18.4. The number of amides is 1.